The number of aliphatic carboxylic acids is 1. The number of hydrogen-bond donors (Lipinski definition) is 7. The first-order valence-electron chi connectivity index (χ1n) is 7.69. The third kappa shape index (κ3) is 4.06. The Kier molecular flexibility index (Phi) is 6.39. The molecule has 0 aromatic heterocycles. The first kappa shape index (κ1) is 20.4. The molecule has 0 radical (unpaired) electrons. The minimum atomic E-state index is -2.00. The normalized spacial score (nSPS) is 37.8. The highest BCUT2D eigenvalue weighted by Gasteiger charge is 2.47. The van der Waals surface area contributed by atoms with Gasteiger partial charge in [-0.15, -0.1) is 0 Å². The predicted molar refractivity (Wildman–Crippen MR) is 79.5 cm³/mol. The quantitative estimate of drug-likeness (QED) is 0.251. The lowest BCUT2D eigenvalue weighted by Gasteiger charge is -2.42. The molecule has 0 unspecified atom stereocenters. The molecule has 0 spiro atoms. The van der Waals surface area contributed by atoms with Crippen molar-refractivity contribution in [1.82, 2.24) is 5.32 Å². The van der Waals surface area contributed by atoms with E-state index in [9.17, 15) is 35.1 Å². The largest absolute Gasteiger partial charge is 0.506 e. The second-order valence-electron chi connectivity index (χ2n) is 5.89. The van der Waals surface area contributed by atoms with Crippen molar-refractivity contribution in [2.75, 3.05) is 13.2 Å². The minimum Gasteiger partial charge on any atom is -0.506 e. The summed E-state index contributed by atoms with van der Waals surface area (Å²) in [6.45, 7) is 0.497. The van der Waals surface area contributed by atoms with E-state index in [1.165, 1.54) is 6.92 Å². The van der Waals surface area contributed by atoms with Crippen molar-refractivity contribution < 1.29 is 54.4 Å². The lowest BCUT2D eigenvalue weighted by atomic mass is 9.97. The number of carboxylic acids is 1. The number of carboxylic acid groups (broad SMARTS) is 1. The molecule has 148 valence electrons. The maximum absolute atomic E-state index is 11.3. The molecule has 2 heterocycles. The second-order valence-corrected chi connectivity index (χ2v) is 5.89. The first-order chi connectivity index (χ1) is 12.2. The van der Waals surface area contributed by atoms with Crippen LogP contribution in [0.3, 0.4) is 0 Å². The third-order valence-electron chi connectivity index (χ3n) is 4.01. The Morgan fingerprint density at radius 3 is 2.46 bits per heavy atom. The van der Waals surface area contributed by atoms with Gasteiger partial charge in [-0.3, -0.25) is 4.79 Å². The average molecular weight is 379 g/mol. The van der Waals surface area contributed by atoms with Gasteiger partial charge in [0.2, 0.25) is 18.0 Å². The summed E-state index contributed by atoms with van der Waals surface area (Å²) < 4.78 is 15.5. The van der Waals surface area contributed by atoms with E-state index in [2.05, 4.69) is 5.32 Å². The molecule has 7 N–H and O–H groups in total. The van der Waals surface area contributed by atoms with Gasteiger partial charge >= 0.3 is 5.97 Å². The summed E-state index contributed by atoms with van der Waals surface area (Å²) in [7, 11) is 0. The molecule has 0 saturated carbocycles. The molecule has 26 heavy (non-hydrogen) atoms. The standard InChI is InChI=1S/C14H21NO11/c1-4(17)15-5-3-24-6(2-16)7(18)11(5)25-14-10(21)8(19)9(20)12(26-14)13(22)23/h5-8,10-11,14,16,18-21H,2-3H2,1H3,(H,15,17)(H,22,23)/t5-,6-,7+,8+,10-,11-,14-/m1/s1. The van der Waals surface area contributed by atoms with Crippen LogP contribution >= 0.6 is 0 Å². The fourth-order valence-corrected chi connectivity index (χ4v) is 2.71. The minimum absolute atomic E-state index is 0.148. The Morgan fingerprint density at radius 2 is 1.92 bits per heavy atom. The van der Waals surface area contributed by atoms with E-state index in [1.54, 1.807) is 0 Å². The lowest BCUT2D eigenvalue weighted by molar-refractivity contribution is -0.271. The molecule has 0 aromatic rings. The van der Waals surface area contributed by atoms with Crippen molar-refractivity contribution in [2.45, 2.75) is 49.8 Å². The van der Waals surface area contributed by atoms with Crippen molar-refractivity contribution in [3.8, 4) is 0 Å². The summed E-state index contributed by atoms with van der Waals surface area (Å²) in [4.78, 5) is 22.4. The zero-order valence-corrected chi connectivity index (χ0v) is 13.7. The van der Waals surface area contributed by atoms with Crippen LogP contribution in [0.2, 0.25) is 0 Å². The molecule has 12 heteroatoms. The Hall–Kier alpha value is -1.96. The van der Waals surface area contributed by atoms with Crippen LogP contribution in [0.4, 0.5) is 0 Å². The zero-order chi connectivity index (χ0) is 19.6. The Bertz CT molecular complexity index is 579. The van der Waals surface area contributed by atoms with E-state index >= 15 is 0 Å². The lowest BCUT2D eigenvalue weighted by Crippen LogP contribution is -2.63. The number of aliphatic hydroxyl groups excluding tert-OH is 5. The van der Waals surface area contributed by atoms with Gasteiger partial charge < -0.3 is 50.2 Å². The monoisotopic (exact) mass is 379 g/mol. The van der Waals surface area contributed by atoms with Crippen molar-refractivity contribution in [3.63, 3.8) is 0 Å². The van der Waals surface area contributed by atoms with E-state index in [-0.39, 0.29) is 6.61 Å². The Morgan fingerprint density at radius 1 is 1.27 bits per heavy atom. The molecule has 0 bridgehead atoms. The van der Waals surface area contributed by atoms with Crippen LogP contribution in [0, 0.1) is 0 Å². The number of hydrogen-bond acceptors (Lipinski definition) is 10. The fraction of sp³-hybridized carbons (Fsp3) is 0.714. The Labute approximate surface area is 147 Å². The van der Waals surface area contributed by atoms with Crippen LogP contribution in [0.15, 0.2) is 11.5 Å². The molecule has 0 aliphatic carbocycles. The molecule has 2 aliphatic rings. The maximum atomic E-state index is 11.3. The number of carbonyl (C=O) groups excluding carboxylic acids is 1. The first-order valence-corrected chi connectivity index (χ1v) is 7.69. The zero-order valence-electron chi connectivity index (χ0n) is 13.7. The molecule has 2 aliphatic heterocycles. The summed E-state index contributed by atoms with van der Waals surface area (Å²) in [5, 5.41) is 60.3. The van der Waals surface area contributed by atoms with E-state index in [1.807, 2.05) is 0 Å². The fourth-order valence-electron chi connectivity index (χ4n) is 2.71. The van der Waals surface area contributed by atoms with Gasteiger partial charge in [0, 0.05) is 6.92 Å². The van der Waals surface area contributed by atoms with Gasteiger partial charge in [0.15, 0.2) is 5.76 Å². The third-order valence-corrected chi connectivity index (χ3v) is 4.01. The number of amides is 1. The van der Waals surface area contributed by atoms with Gasteiger partial charge in [0.25, 0.3) is 0 Å². The van der Waals surface area contributed by atoms with Crippen LogP contribution in [-0.4, -0.2) is 98.6 Å². The van der Waals surface area contributed by atoms with Crippen molar-refractivity contribution in [1.29, 1.82) is 0 Å². The molecule has 2 rings (SSSR count). The summed E-state index contributed by atoms with van der Waals surface area (Å²) in [6.07, 6.45) is -9.44. The van der Waals surface area contributed by atoms with Gasteiger partial charge in [-0.1, -0.05) is 0 Å². The molecule has 1 fully saturated rings. The van der Waals surface area contributed by atoms with Crippen LogP contribution < -0.4 is 5.32 Å². The van der Waals surface area contributed by atoms with Gasteiger partial charge in [-0.2, -0.15) is 0 Å². The highest BCUT2D eigenvalue weighted by Crippen LogP contribution is 2.28. The van der Waals surface area contributed by atoms with Crippen LogP contribution in [0.25, 0.3) is 0 Å². The summed E-state index contributed by atoms with van der Waals surface area (Å²) >= 11 is 0. The highest BCUT2D eigenvalue weighted by atomic mass is 16.7. The van der Waals surface area contributed by atoms with Crippen molar-refractivity contribution in [2.24, 2.45) is 0 Å². The smallest absolute Gasteiger partial charge is 0.375 e. The summed E-state index contributed by atoms with van der Waals surface area (Å²) in [5.74, 6) is -4.29. The number of nitrogens with one attached hydrogen (secondary N) is 1. The van der Waals surface area contributed by atoms with Crippen LogP contribution in [0.5, 0.6) is 0 Å². The maximum Gasteiger partial charge on any atom is 0.375 e. The molecular weight excluding hydrogens is 358 g/mol. The van der Waals surface area contributed by atoms with E-state index in [0.717, 1.165) is 0 Å². The van der Waals surface area contributed by atoms with E-state index in [0.29, 0.717) is 0 Å². The average Bonchev–Trinajstić information content (AvgIpc) is 2.57. The van der Waals surface area contributed by atoms with E-state index < -0.39 is 72.9 Å². The number of carbonyl (C=O) groups is 2. The molecule has 12 nitrogen and oxygen atoms in total. The van der Waals surface area contributed by atoms with E-state index in [4.69, 9.17) is 19.3 Å². The summed E-state index contributed by atoms with van der Waals surface area (Å²) in [5.41, 5.74) is 0. The van der Waals surface area contributed by atoms with Crippen LogP contribution in [-0.2, 0) is 23.8 Å². The number of aliphatic hydroxyl groups is 5. The summed E-state index contributed by atoms with van der Waals surface area (Å²) in [6, 6.07) is -0.911. The van der Waals surface area contributed by atoms with Gasteiger partial charge in [0.1, 0.15) is 30.5 Å². The molecule has 7 atom stereocenters. The number of rotatable bonds is 5. The molecule has 0 aromatic carbocycles. The van der Waals surface area contributed by atoms with Crippen molar-refractivity contribution >= 4 is 11.9 Å². The van der Waals surface area contributed by atoms with Crippen molar-refractivity contribution in [3.05, 3.63) is 11.5 Å². The van der Waals surface area contributed by atoms with Gasteiger partial charge in [-0.05, 0) is 0 Å². The topological polar surface area (TPSA) is 195 Å². The second kappa shape index (κ2) is 8.16. The molecular formula is C14H21NO11. The Balaban J connectivity index is 2.23. The predicted octanol–water partition coefficient (Wildman–Crippen LogP) is -3.44. The SMILES string of the molecule is CC(=O)N[C@@H]1CO[C@H](CO)[C@H](O)[C@@H]1O[C@@H]1OC(C(=O)O)=C(O)[C@H](O)[C@H]1O. The van der Waals surface area contributed by atoms with Crippen LogP contribution in [0.1, 0.15) is 6.92 Å². The van der Waals surface area contributed by atoms with Gasteiger partial charge in [0.05, 0.1) is 19.3 Å². The molecule has 1 saturated heterocycles. The van der Waals surface area contributed by atoms with Gasteiger partial charge in [-0.25, -0.2) is 4.79 Å². The number of ether oxygens (including phenoxy) is 3. The highest BCUT2D eigenvalue weighted by molar-refractivity contribution is 5.85. The molecule has 1 amide bonds.